The van der Waals surface area contributed by atoms with Gasteiger partial charge < -0.3 is 20.1 Å². The zero-order chi connectivity index (χ0) is 13.8. The number of hydrogen-bond donors (Lipinski definition) is 2. The number of likely N-dealkylation sites (tertiary alicyclic amines) is 1. The quantitative estimate of drug-likeness (QED) is 0.645. The first kappa shape index (κ1) is 14.3. The summed E-state index contributed by atoms with van der Waals surface area (Å²) in [7, 11) is 1.59. The highest BCUT2D eigenvalue weighted by Gasteiger charge is 2.35. The maximum Gasteiger partial charge on any atom is 0.225 e. The molecule has 2 fully saturated rings. The number of carbonyl (C=O) groups excluding carboxylic acids is 2. The third-order valence-corrected chi connectivity index (χ3v) is 3.80. The second-order valence-corrected chi connectivity index (χ2v) is 5.38. The Bertz CT molecular complexity index is 344. The molecule has 1 aliphatic carbocycles. The van der Waals surface area contributed by atoms with Crippen LogP contribution in [-0.4, -0.2) is 61.3 Å². The Morgan fingerprint density at radius 2 is 2.32 bits per heavy atom. The molecule has 2 N–H and O–H groups in total. The van der Waals surface area contributed by atoms with E-state index in [4.69, 9.17) is 4.74 Å². The van der Waals surface area contributed by atoms with Gasteiger partial charge in [-0.25, -0.2) is 0 Å². The fraction of sp³-hybridized carbons (Fsp3) is 0.846. The van der Waals surface area contributed by atoms with E-state index in [1.807, 2.05) is 0 Å². The van der Waals surface area contributed by atoms with Gasteiger partial charge in [0.2, 0.25) is 11.8 Å². The van der Waals surface area contributed by atoms with Crippen molar-refractivity contribution in [1.29, 1.82) is 0 Å². The molecule has 2 rings (SSSR count). The Labute approximate surface area is 113 Å². The number of amides is 2. The van der Waals surface area contributed by atoms with Crippen molar-refractivity contribution < 1.29 is 19.4 Å². The Kier molecular flexibility index (Phi) is 4.76. The highest BCUT2D eigenvalue weighted by atomic mass is 16.5. The molecule has 108 valence electrons. The molecule has 2 amide bonds. The van der Waals surface area contributed by atoms with Crippen molar-refractivity contribution in [3.63, 3.8) is 0 Å². The van der Waals surface area contributed by atoms with Crippen molar-refractivity contribution in [2.24, 2.45) is 11.8 Å². The predicted molar refractivity (Wildman–Crippen MR) is 68.3 cm³/mol. The van der Waals surface area contributed by atoms with Crippen LogP contribution in [0.1, 0.15) is 19.3 Å². The molecule has 0 spiro atoms. The van der Waals surface area contributed by atoms with Crippen LogP contribution in [0.5, 0.6) is 0 Å². The monoisotopic (exact) mass is 270 g/mol. The minimum atomic E-state index is -0.439. The number of aliphatic hydroxyl groups excluding tert-OH is 1. The number of nitrogens with one attached hydrogen (secondary N) is 1. The average Bonchev–Trinajstić information content (AvgIpc) is 3.18. The van der Waals surface area contributed by atoms with E-state index in [0.29, 0.717) is 32.2 Å². The summed E-state index contributed by atoms with van der Waals surface area (Å²) in [6.07, 6.45) is 1.91. The minimum absolute atomic E-state index is 0.0000543. The van der Waals surface area contributed by atoms with E-state index in [9.17, 15) is 14.7 Å². The molecule has 6 heteroatoms. The van der Waals surface area contributed by atoms with Gasteiger partial charge in [-0.05, 0) is 18.8 Å². The lowest BCUT2D eigenvalue weighted by molar-refractivity contribution is -0.129. The summed E-state index contributed by atoms with van der Waals surface area (Å²) in [6, 6.07) is 0. The zero-order valence-electron chi connectivity index (χ0n) is 11.3. The number of methoxy groups -OCH3 is 1. The van der Waals surface area contributed by atoms with Gasteiger partial charge in [0.05, 0.1) is 18.6 Å². The van der Waals surface area contributed by atoms with Crippen LogP contribution in [-0.2, 0) is 14.3 Å². The third-order valence-electron chi connectivity index (χ3n) is 3.80. The number of hydrogen-bond acceptors (Lipinski definition) is 4. The topological polar surface area (TPSA) is 78.9 Å². The molecular weight excluding hydrogens is 248 g/mol. The van der Waals surface area contributed by atoms with Gasteiger partial charge in [-0.1, -0.05) is 0 Å². The summed E-state index contributed by atoms with van der Waals surface area (Å²) in [5.74, 6) is -0.0765. The zero-order valence-corrected chi connectivity index (χ0v) is 11.3. The van der Waals surface area contributed by atoms with E-state index in [1.54, 1.807) is 12.0 Å². The lowest BCUT2D eigenvalue weighted by Crippen LogP contribution is -2.38. The lowest BCUT2D eigenvalue weighted by Gasteiger charge is -2.16. The largest absolute Gasteiger partial charge is 0.391 e. The van der Waals surface area contributed by atoms with Gasteiger partial charge in [0.15, 0.2) is 0 Å². The summed E-state index contributed by atoms with van der Waals surface area (Å²) in [4.78, 5) is 25.3. The van der Waals surface area contributed by atoms with Crippen LogP contribution in [0, 0.1) is 11.8 Å². The van der Waals surface area contributed by atoms with Crippen LogP contribution in [0.25, 0.3) is 0 Å². The molecule has 2 atom stereocenters. The number of nitrogens with zero attached hydrogens (tertiary/aromatic N) is 1. The van der Waals surface area contributed by atoms with Gasteiger partial charge in [-0.3, -0.25) is 9.59 Å². The highest BCUT2D eigenvalue weighted by Crippen LogP contribution is 2.32. The normalized spacial score (nSPS) is 24.6. The van der Waals surface area contributed by atoms with Gasteiger partial charge in [-0.2, -0.15) is 0 Å². The van der Waals surface area contributed by atoms with Gasteiger partial charge in [0.1, 0.15) is 0 Å². The van der Waals surface area contributed by atoms with Crippen molar-refractivity contribution >= 4 is 11.8 Å². The summed E-state index contributed by atoms with van der Waals surface area (Å²) in [5.41, 5.74) is 0. The fourth-order valence-electron chi connectivity index (χ4n) is 2.36. The number of carbonyl (C=O) groups is 2. The molecule has 0 radical (unpaired) electrons. The summed E-state index contributed by atoms with van der Waals surface area (Å²) < 4.78 is 4.93. The average molecular weight is 270 g/mol. The number of ether oxygens (including phenoxy) is 1. The summed E-state index contributed by atoms with van der Waals surface area (Å²) in [6.45, 7) is 1.77. The Morgan fingerprint density at radius 1 is 1.58 bits per heavy atom. The molecular formula is C13H22N2O4. The lowest BCUT2D eigenvalue weighted by atomic mass is 10.1. The van der Waals surface area contributed by atoms with Crippen LogP contribution in [0.4, 0.5) is 0 Å². The fourth-order valence-corrected chi connectivity index (χ4v) is 2.36. The van der Waals surface area contributed by atoms with Crippen LogP contribution in [0.2, 0.25) is 0 Å². The van der Waals surface area contributed by atoms with E-state index in [2.05, 4.69) is 5.32 Å². The third kappa shape index (κ3) is 3.91. The smallest absolute Gasteiger partial charge is 0.225 e. The molecule has 0 bridgehead atoms. The van der Waals surface area contributed by atoms with E-state index >= 15 is 0 Å². The molecule has 1 saturated heterocycles. The highest BCUT2D eigenvalue weighted by molar-refractivity contribution is 5.89. The van der Waals surface area contributed by atoms with Gasteiger partial charge in [0, 0.05) is 33.2 Å². The second kappa shape index (κ2) is 6.34. The first-order valence-corrected chi connectivity index (χ1v) is 6.84. The predicted octanol–water partition coefficient (Wildman–Crippen LogP) is -0.632. The molecule has 1 heterocycles. The van der Waals surface area contributed by atoms with Crippen molar-refractivity contribution in [2.45, 2.75) is 25.4 Å². The molecule has 0 aromatic heterocycles. The van der Waals surface area contributed by atoms with Crippen molar-refractivity contribution in [3.05, 3.63) is 0 Å². The molecule has 2 unspecified atom stereocenters. The number of aliphatic hydroxyl groups is 1. The molecule has 2 aliphatic rings. The van der Waals surface area contributed by atoms with E-state index < -0.39 is 6.10 Å². The molecule has 6 nitrogen and oxygen atoms in total. The Morgan fingerprint density at radius 3 is 2.95 bits per heavy atom. The molecule has 0 aromatic rings. The van der Waals surface area contributed by atoms with E-state index in [0.717, 1.165) is 12.8 Å². The molecule has 1 saturated carbocycles. The maximum absolute atomic E-state index is 11.9. The summed E-state index contributed by atoms with van der Waals surface area (Å²) in [5, 5.41) is 12.4. The molecule has 0 aromatic carbocycles. The first-order chi connectivity index (χ1) is 9.11. The summed E-state index contributed by atoms with van der Waals surface area (Å²) >= 11 is 0. The van der Waals surface area contributed by atoms with Gasteiger partial charge >= 0.3 is 0 Å². The van der Waals surface area contributed by atoms with Crippen molar-refractivity contribution in [1.82, 2.24) is 10.2 Å². The Hall–Kier alpha value is -1.14. The maximum atomic E-state index is 11.9. The van der Waals surface area contributed by atoms with Crippen LogP contribution in [0.15, 0.2) is 0 Å². The SMILES string of the molecule is COCCN1CC(C(=O)NCC(O)C2CC2)CC1=O. The van der Waals surface area contributed by atoms with Crippen molar-refractivity contribution in [2.75, 3.05) is 33.4 Å². The van der Waals surface area contributed by atoms with Crippen LogP contribution >= 0.6 is 0 Å². The second-order valence-electron chi connectivity index (χ2n) is 5.38. The Balaban J connectivity index is 1.72. The van der Waals surface area contributed by atoms with E-state index in [-0.39, 0.29) is 24.2 Å². The van der Waals surface area contributed by atoms with Crippen LogP contribution < -0.4 is 5.32 Å². The molecule has 1 aliphatic heterocycles. The van der Waals surface area contributed by atoms with Crippen LogP contribution in [0.3, 0.4) is 0 Å². The molecule has 19 heavy (non-hydrogen) atoms. The standard InChI is InChI=1S/C13H22N2O4/c1-19-5-4-15-8-10(6-12(15)17)13(18)14-7-11(16)9-2-3-9/h9-11,16H,2-8H2,1H3,(H,14,18). The van der Waals surface area contributed by atoms with E-state index in [1.165, 1.54) is 0 Å². The van der Waals surface area contributed by atoms with Crippen molar-refractivity contribution in [3.8, 4) is 0 Å². The minimum Gasteiger partial charge on any atom is -0.391 e. The van der Waals surface area contributed by atoms with Gasteiger partial charge in [0.25, 0.3) is 0 Å². The first-order valence-electron chi connectivity index (χ1n) is 6.84. The number of rotatable bonds is 7. The van der Waals surface area contributed by atoms with Gasteiger partial charge in [-0.15, -0.1) is 0 Å².